The van der Waals surface area contributed by atoms with E-state index in [4.69, 9.17) is 15.6 Å². The van der Waals surface area contributed by atoms with Crippen molar-refractivity contribution in [3.05, 3.63) is 60.9 Å². The molecule has 1 amide bonds. The number of carbonyl (C=O) groups is 1. The van der Waals surface area contributed by atoms with Crippen molar-refractivity contribution >= 4 is 28.4 Å². The molecular weight excluding hydrogens is 382 g/mol. The number of aromatic nitrogens is 3. The summed E-state index contributed by atoms with van der Waals surface area (Å²) in [6, 6.07) is 14.9. The molecule has 2 heterocycles. The first-order chi connectivity index (χ1) is 14.4. The maximum atomic E-state index is 10.8. The molecule has 0 atom stereocenters. The smallest absolute Gasteiger partial charge is 0.409 e. The standard InChI is InChI=1S/C22H21N5O3/c1-13(2)27-18-12-16(30-21-24-10-3-11-25-21)8-9-17(18)19(23)20(27)14-4-6-15(7-5-14)26-22(28)29/h3-13,26H,23H2,1-2H3,(H,28,29). The van der Waals surface area contributed by atoms with E-state index in [0.29, 0.717) is 17.1 Å². The van der Waals surface area contributed by atoms with Gasteiger partial charge in [-0.1, -0.05) is 12.1 Å². The van der Waals surface area contributed by atoms with Gasteiger partial charge in [0, 0.05) is 41.1 Å². The number of hydrogen-bond donors (Lipinski definition) is 3. The summed E-state index contributed by atoms with van der Waals surface area (Å²) in [5.41, 5.74) is 10.4. The van der Waals surface area contributed by atoms with Crippen molar-refractivity contribution in [2.75, 3.05) is 11.1 Å². The van der Waals surface area contributed by atoms with Gasteiger partial charge in [0.15, 0.2) is 0 Å². The van der Waals surface area contributed by atoms with Crippen molar-refractivity contribution in [2.45, 2.75) is 19.9 Å². The summed E-state index contributed by atoms with van der Waals surface area (Å²) in [4.78, 5) is 19.0. The van der Waals surface area contributed by atoms with Gasteiger partial charge in [0.2, 0.25) is 0 Å². The number of ether oxygens (including phenoxy) is 1. The maximum absolute atomic E-state index is 10.8. The highest BCUT2D eigenvalue weighted by Crippen LogP contribution is 2.40. The van der Waals surface area contributed by atoms with E-state index in [9.17, 15) is 4.79 Å². The Kier molecular flexibility index (Phi) is 4.97. The van der Waals surface area contributed by atoms with E-state index in [1.807, 2.05) is 30.3 Å². The van der Waals surface area contributed by atoms with Gasteiger partial charge >= 0.3 is 12.1 Å². The van der Waals surface area contributed by atoms with E-state index in [-0.39, 0.29) is 12.1 Å². The quantitative estimate of drug-likeness (QED) is 0.425. The number of nitrogen functional groups attached to an aromatic ring is 1. The van der Waals surface area contributed by atoms with Crippen molar-refractivity contribution in [1.29, 1.82) is 0 Å². The van der Waals surface area contributed by atoms with Crippen LogP contribution in [-0.2, 0) is 0 Å². The summed E-state index contributed by atoms with van der Waals surface area (Å²) in [6.45, 7) is 4.16. The van der Waals surface area contributed by atoms with Crippen LogP contribution < -0.4 is 15.8 Å². The van der Waals surface area contributed by atoms with Crippen LogP contribution >= 0.6 is 0 Å². The summed E-state index contributed by atoms with van der Waals surface area (Å²) in [6.07, 6.45) is 2.14. The molecule has 0 aliphatic rings. The molecule has 152 valence electrons. The summed E-state index contributed by atoms with van der Waals surface area (Å²) in [7, 11) is 0. The van der Waals surface area contributed by atoms with E-state index >= 15 is 0 Å². The zero-order valence-corrected chi connectivity index (χ0v) is 16.5. The molecule has 0 fully saturated rings. The van der Waals surface area contributed by atoms with Crippen LogP contribution in [0, 0.1) is 0 Å². The van der Waals surface area contributed by atoms with Crippen LogP contribution in [0.3, 0.4) is 0 Å². The lowest BCUT2D eigenvalue weighted by atomic mass is 10.1. The molecule has 0 radical (unpaired) electrons. The third-order valence-corrected chi connectivity index (χ3v) is 4.69. The number of amides is 1. The normalized spacial score (nSPS) is 11.0. The molecule has 0 aliphatic heterocycles. The van der Waals surface area contributed by atoms with Gasteiger partial charge in [-0.15, -0.1) is 0 Å². The molecule has 0 unspecified atom stereocenters. The number of nitrogens with zero attached hydrogens (tertiary/aromatic N) is 3. The maximum Gasteiger partial charge on any atom is 0.409 e. The third-order valence-electron chi connectivity index (χ3n) is 4.69. The predicted octanol–water partition coefficient (Wildman–Crippen LogP) is 5.14. The largest absolute Gasteiger partial charge is 0.465 e. The van der Waals surface area contributed by atoms with Crippen molar-refractivity contribution in [3.8, 4) is 23.0 Å². The second-order valence-corrected chi connectivity index (χ2v) is 7.05. The van der Waals surface area contributed by atoms with Gasteiger partial charge in [0.25, 0.3) is 0 Å². The van der Waals surface area contributed by atoms with Crippen molar-refractivity contribution in [1.82, 2.24) is 14.5 Å². The molecule has 2 aromatic heterocycles. The lowest BCUT2D eigenvalue weighted by Gasteiger charge is -2.16. The second-order valence-electron chi connectivity index (χ2n) is 7.05. The minimum absolute atomic E-state index is 0.125. The molecule has 0 saturated carbocycles. The van der Waals surface area contributed by atoms with Crippen molar-refractivity contribution in [2.24, 2.45) is 0 Å². The predicted molar refractivity (Wildman–Crippen MR) is 116 cm³/mol. The number of nitrogens with two attached hydrogens (primary N) is 1. The Bertz CT molecular complexity index is 1200. The number of hydrogen-bond acceptors (Lipinski definition) is 5. The summed E-state index contributed by atoms with van der Waals surface area (Å²) in [5, 5.41) is 12.1. The zero-order valence-electron chi connectivity index (χ0n) is 16.5. The van der Waals surface area contributed by atoms with E-state index in [1.165, 1.54) is 0 Å². The molecule has 4 rings (SSSR count). The number of anilines is 2. The first kappa shape index (κ1) is 19.3. The minimum Gasteiger partial charge on any atom is -0.465 e. The average molecular weight is 403 g/mol. The molecular formula is C22H21N5O3. The first-order valence-electron chi connectivity index (χ1n) is 9.42. The van der Waals surface area contributed by atoms with Gasteiger partial charge in [-0.25, -0.2) is 14.8 Å². The van der Waals surface area contributed by atoms with Gasteiger partial charge in [-0.3, -0.25) is 5.32 Å². The van der Waals surface area contributed by atoms with Crippen LogP contribution in [0.2, 0.25) is 0 Å². The Balaban J connectivity index is 1.80. The molecule has 0 saturated heterocycles. The lowest BCUT2D eigenvalue weighted by Crippen LogP contribution is -2.07. The Labute approximate surface area is 173 Å². The van der Waals surface area contributed by atoms with Crippen LogP contribution in [-0.4, -0.2) is 25.7 Å². The highest BCUT2D eigenvalue weighted by molar-refractivity contribution is 6.01. The molecule has 4 aromatic rings. The van der Waals surface area contributed by atoms with Gasteiger partial charge in [0.1, 0.15) is 5.75 Å². The van der Waals surface area contributed by atoms with Crippen LogP contribution in [0.4, 0.5) is 16.2 Å². The van der Waals surface area contributed by atoms with E-state index < -0.39 is 6.09 Å². The highest BCUT2D eigenvalue weighted by Gasteiger charge is 2.19. The monoisotopic (exact) mass is 403 g/mol. The van der Waals surface area contributed by atoms with Gasteiger partial charge < -0.3 is 20.1 Å². The zero-order chi connectivity index (χ0) is 21.3. The fourth-order valence-electron chi connectivity index (χ4n) is 3.49. The average Bonchev–Trinajstić information content (AvgIpc) is 3.01. The topological polar surface area (TPSA) is 115 Å². The molecule has 8 nitrogen and oxygen atoms in total. The van der Waals surface area contributed by atoms with Gasteiger partial charge in [0.05, 0.1) is 16.9 Å². The van der Waals surface area contributed by atoms with Crippen LogP contribution in [0.25, 0.3) is 22.2 Å². The number of rotatable bonds is 5. The van der Waals surface area contributed by atoms with Gasteiger partial charge in [-0.05, 0) is 44.2 Å². The third kappa shape index (κ3) is 3.62. The van der Waals surface area contributed by atoms with E-state index in [1.54, 1.807) is 30.6 Å². The minimum atomic E-state index is -1.10. The molecule has 0 spiro atoms. The number of fused-ring (bicyclic) bond motifs is 1. The summed E-state index contributed by atoms with van der Waals surface area (Å²) < 4.78 is 7.93. The van der Waals surface area contributed by atoms with Crippen LogP contribution in [0.1, 0.15) is 19.9 Å². The molecule has 2 aromatic carbocycles. The number of carboxylic acid groups (broad SMARTS) is 1. The lowest BCUT2D eigenvalue weighted by molar-refractivity contribution is 0.209. The number of benzene rings is 2. The van der Waals surface area contributed by atoms with E-state index in [0.717, 1.165) is 22.2 Å². The first-order valence-corrected chi connectivity index (χ1v) is 9.42. The van der Waals surface area contributed by atoms with Crippen LogP contribution in [0.15, 0.2) is 60.9 Å². The fourth-order valence-corrected chi connectivity index (χ4v) is 3.49. The Morgan fingerprint density at radius 1 is 1.13 bits per heavy atom. The number of nitrogens with one attached hydrogen (secondary N) is 1. The molecule has 0 aliphatic carbocycles. The molecule has 0 bridgehead atoms. The Morgan fingerprint density at radius 2 is 1.83 bits per heavy atom. The van der Waals surface area contributed by atoms with Crippen molar-refractivity contribution < 1.29 is 14.6 Å². The Hall–Kier alpha value is -4.07. The van der Waals surface area contributed by atoms with Gasteiger partial charge in [-0.2, -0.15) is 0 Å². The summed E-state index contributed by atoms with van der Waals surface area (Å²) >= 11 is 0. The second kappa shape index (κ2) is 7.75. The van der Waals surface area contributed by atoms with Crippen LogP contribution in [0.5, 0.6) is 11.8 Å². The van der Waals surface area contributed by atoms with Crippen molar-refractivity contribution in [3.63, 3.8) is 0 Å². The molecule has 30 heavy (non-hydrogen) atoms. The Morgan fingerprint density at radius 3 is 2.47 bits per heavy atom. The fraction of sp³-hybridized carbons (Fsp3) is 0.136. The highest BCUT2D eigenvalue weighted by atomic mass is 16.5. The van der Waals surface area contributed by atoms with E-state index in [2.05, 4.69) is 33.7 Å². The SMILES string of the molecule is CC(C)n1c(-c2ccc(NC(=O)O)cc2)c(N)c2ccc(Oc3ncccn3)cc21. The summed E-state index contributed by atoms with van der Waals surface area (Å²) in [5.74, 6) is 0.612. The molecule has 8 heteroatoms. The molecule has 4 N–H and O–H groups in total.